The van der Waals surface area contributed by atoms with Crippen LogP contribution in [0.2, 0.25) is 0 Å². The molecule has 126 valence electrons. The Kier molecular flexibility index (Phi) is 10.5. The topological polar surface area (TPSA) is 40.1 Å². The van der Waals surface area contributed by atoms with Gasteiger partial charge in [0.05, 0.1) is 0 Å². The number of rotatable bonds is 1. The van der Waals surface area contributed by atoms with Crippen LogP contribution in [0.4, 0.5) is 26.3 Å². The fourth-order valence-electron chi connectivity index (χ4n) is 0.886. The first-order chi connectivity index (χ1) is 9.55. The average molecular weight is 375 g/mol. The Morgan fingerprint density at radius 3 is 1.36 bits per heavy atom. The third kappa shape index (κ3) is 11.1. The van der Waals surface area contributed by atoms with Crippen LogP contribution in [-0.4, -0.2) is 18.1 Å². The van der Waals surface area contributed by atoms with E-state index in [9.17, 15) is 36.2 Å². The maximum Gasteiger partial charge on any atom is 1.00 e. The number of carbonyl (C=O) groups is 1. The van der Waals surface area contributed by atoms with E-state index >= 15 is 0 Å². The van der Waals surface area contributed by atoms with Crippen LogP contribution < -0.4 is 5.11 Å². The molecule has 1 aliphatic carbocycles. The first kappa shape index (κ1) is 22.7. The molecule has 0 heterocycles. The Bertz CT molecular complexity index is 473. The first-order valence-electron chi connectivity index (χ1n) is 5.53. The summed E-state index contributed by atoms with van der Waals surface area (Å²) in [5.74, 6) is 6.49. The van der Waals surface area contributed by atoms with Crippen molar-refractivity contribution in [2.75, 3.05) is 0 Å². The Hall–Kier alpha value is -1.57. The largest absolute Gasteiger partial charge is 1.00 e. The van der Waals surface area contributed by atoms with Crippen LogP contribution in [0.15, 0.2) is 11.8 Å². The Morgan fingerprint density at radius 2 is 1.14 bits per heavy atom. The maximum atomic E-state index is 11.3. The predicted molar refractivity (Wildman–Crippen MR) is 59.2 cm³/mol. The second-order valence-corrected chi connectivity index (χ2v) is 3.58. The van der Waals surface area contributed by atoms with Crippen LogP contribution in [0.5, 0.6) is 0 Å². The Morgan fingerprint density at radius 1 is 0.818 bits per heavy atom. The minimum Gasteiger partial charge on any atom is -0.869 e. The maximum absolute atomic E-state index is 11.3. The summed E-state index contributed by atoms with van der Waals surface area (Å²) in [6.07, 6.45) is -8.08. The minimum atomic E-state index is -5.46. The van der Waals surface area contributed by atoms with E-state index in [1.54, 1.807) is 0 Å². The molecule has 0 atom stereocenters. The molecule has 0 aliphatic heterocycles. The quantitative estimate of drug-likeness (QED) is 0.233. The number of alkyl halides is 6. The summed E-state index contributed by atoms with van der Waals surface area (Å²) in [5.41, 5.74) is 0. The van der Waals surface area contributed by atoms with Gasteiger partial charge in [0, 0.05) is 25.7 Å². The van der Waals surface area contributed by atoms with Crippen LogP contribution >= 0.6 is 0 Å². The van der Waals surface area contributed by atoms with Crippen LogP contribution in [0, 0.1) is 23.7 Å². The van der Waals surface area contributed by atoms with Crippen LogP contribution in [0.1, 0.15) is 25.7 Å². The number of hydrogen-bond donors (Lipinski definition) is 0. The summed E-state index contributed by atoms with van der Waals surface area (Å²) in [5, 5.41) is 9.82. The van der Waals surface area contributed by atoms with Gasteiger partial charge in [0.1, 0.15) is 0 Å². The van der Waals surface area contributed by atoms with Crippen molar-refractivity contribution in [3.63, 3.8) is 0 Å². The van der Waals surface area contributed by atoms with Gasteiger partial charge in [-0.25, -0.2) is 0 Å². The average Bonchev–Trinajstić information content (AvgIpc) is 2.25. The van der Waals surface area contributed by atoms with Gasteiger partial charge in [0.15, 0.2) is 0 Å². The summed E-state index contributed by atoms with van der Waals surface area (Å²) < 4.78 is 67.8. The van der Waals surface area contributed by atoms with Gasteiger partial charge >= 0.3 is 29.4 Å². The van der Waals surface area contributed by atoms with E-state index in [1.165, 1.54) is 0 Å². The second kappa shape index (κ2) is 10.2. The standard InChI is InChI=1S/C8H8.C5H2F6O2.Cu/c1-2-4-6-8-7-5-3-1;6-4(7,8)2(12)1-3(13)5(9,10)11;/h1-2,7-8H2;1,12H;/q;;+1/p-1. The summed E-state index contributed by atoms with van der Waals surface area (Å²) in [7, 11) is 0. The molecule has 0 saturated carbocycles. The zero-order chi connectivity index (χ0) is 16.5. The van der Waals surface area contributed by atoms with E-state index in [-0.39, 0.29) is 17.1 Å². The first-order valence-corrected chi connectivity index (χ1v) is 5.53. The van der Waals surface area contributed by atoms with Crippen molar-refractivity contribution in [1.29, 1.82) is 0 Å². The van der Waals surface area contributed by atoms with Crippen LogP contribution in [0.3, 0.4) is 0 Å². The van der Waals surface area contributed by atoms with Gasteiger partial charge in [-0.3, -0.25) is 4.79 Å². The Balaban J connectivity index is 0. The third-order valence-corrected chi connectivity index (χ3v) is 1.82. The minimum absolute atomic E-state index is 0. The van der Waals surface area contributed by atoms with Crippen molar-refractivity contribution in [2.24, 2.45) is 0 Å². The fraction of sp³-hybridized carbons (Fsp3) is 0.462. The van der Waals surface area contributed by atoms with E-state index in [1.807, 2.05) is 0 Å². The molecule has 0 amide bonds. The van der Waals surface area contributed by atoms with Gasteiger partial charge in [-0.1, -0.05) is 0 Å². The van der Waals surface area contributed by atoms with Gasteiger partial charge in [-0.2, -0.15) is 26.3 Å². The van der Waals surface area contributed by atoms with E-state index in [0.29, 0.717) is 0 Å². The molecule has 0 aromatic heterocycles. The molecule has 0 radical (unpaired) electrons. The van der Waals surface area contributed by atoms with Crippen molar-refractivity contribution in [2.45, 2.75) is 38.0 Å². The molecular weight excluding hydrogens is 366 g/mol. The smallest absolute Gasteiger partial charge is 0.869 e. The molecule has 1 aliphatic rings. The predicted octanol–water partition coefficient (Wildman–Crippen LogP) is 2.49. The van der Waals surface area contributed by atoms with Crippen molar-refractivity contribution in [3.8, 4) is 23.7 Å². The number of hydrogen-bond acceptors (Lipinski definition) is 2. The molecule has 0 saturated heterocycles. The van der Waals surface area contributed by atoms with Crippen LogP contribution in [-0.2, 0) is 21.9 Å². The van der Waals surface area contributed by atoms with Gasteiger partial charge < -0.3 is 5.11 Å². The number of allylic oxidation sites excluding steroid dienone is 2. The summed E-state index contributed by atoms with van der Waals surface area (Å²) >= 11 is 0. The summed E-state index contributed by atoms with van der Waals surface area (Å²) in [6.45, 7) is 0. The summed E-state index contributed by atoms with van der Waals surface area (Å²) in [6, 6.07) is 0. The van der Waals surface area contributed by atoms with Crippen molar-refractivity contribution >= 4 is 5.78 Å². The molecule has 9 heteroatoms. The molecule has 0 spiro atoms. The van der Waals surface area contributed by atoms with E-state index < -0.39 is 30.0 Å². The Labute approximate surface area is 133 Å². The van der Waals surface area contributed by atoms with Crippen LogP contribution in [0.25, 0.3) is 0 Å². The van der Waals surface area contributed by atoms with Crippen molar-refractivity contribution in [3.05, 3.63) is 11.8 Å². The molecule has 2 nitrogen and oxygen atoms in total. The third-order valence-electron chi connectivity index (χ3n) is 1.82. The molecule has 22 heavy (non-hydrogen) atoms. The van der Waals surface area contributed by atoms with Gasteiger partial charge in [0.25, 0.3) is 5.78 Å². The second-order valence-electron chi connectivity index (χ2n) is 3.58. The molecule has 0 fully saturated rings. The van der Waals surface area contributed by atoms with E-state index in [2.05, 4.69) is 23.7 Å². The molecular formula is C13H9CuF6O2. The molecule has 0 aromatic carbocycles. The molecule has 0 aromatic rings. The molecule has 0 N–H and O–H groups in total. The van der Waals surface area contributed by atoms with E-state index in [4.69, 9.17) is 0 Å². The SMILES string of the molecule is C1#CCCC#CCC1.O=C(C=C([O-])C(F)(F)F)C(F)(F)F.[Cu+]. The zero-order valence-electron chi connectivity index (χ0n) is 10.8. The molecule has 0 unspecified atom stereocenters. The molecule has 0 bridgehead atoms. The van der Waals surface area contributed by atoms with Crippen molar-refractivity contribution < 1.29 is 53.3 Å². The van der Waals surface area contributed by atoms with Gasteiger partial charge in [0.2, 0.25) is 0 Å². The van der Waals surface area contributed by atoms with Gasteiger partial charge in [-0.15, -0.1) is 23.7 Å². The van der Waals surface area contributed by atoms with E-state index in [0.717, 1.165) is 25.7 Å². The number of carbonyl (C=O) groups excluding carboxylic acids is 1. The summed E-state index contributed by atoms with van der Waals surface area (Å²) in [4.78, 5) is 9.82. The van der Waals surface area contributed by atoms with Gasteiger partial charge in [-0.05, 0) is 11.8 Å². The zero-order valence-corrected chi connectivity index (χ0v) is 11.7. The van der Waals surface area contributed by atoms with Crippen molar-refractivity contribution in [1.82, 2.24) is 0 Å². The fourth-order valence-corrected chi connectivity index (χ4v) is 0.886. The normalized spacial score (nSPS) is 14.4. The monoisotopic (exact) mass is 374 g/mol. The number of ketones is 1. The number of halogens is 6. The molecule has 1 rings (SSSR count).